The summed E-state index contributed by atoms with van der Waals surface area (Å²) in [5.41, 5.74) is 11.3. The molecule has 3 saturated heterocycles. The highest BCUT2D eigenvalue weighted by molar-refractivity contribution is 7.52. The number of nitrogens with one attached hydrogen (secondary N) is 1. The van der Waals surface area contributed by atoms with E-state index in [2.05, 4.69) is 24.9 Å². The van der Waals surface area contributed by atoms with E-state index in [4.69, 9.17) is 39.2 Å². The van der Waals surface area contributed by atoms with Crippen LogP contribution in [0.3, 0.4) is 0 Å². The first-order valence-electron chi connectivity index (χ1n) is 13.5. The van der Waals surface area contributed by atoms with Gasteiger partial charge in [0.05, 0.1) is 31.6 Å². The number of phosphoric ester groups is 1. The van der Waals surface area contributed by atoms with Crippen LogP contribution in [0, 0.1) is 0 Å². The number of nitrogens with zero attached hydrogens (tertiary/aromatic N) is 6. The van der Waals surface area contributed by atoms with Gasteiger partial charge in [0.2, 0.25) is 5.95 Å². The van der Waals surface area contributed by atoms with Crippen LogP contribution in [-0.2, 0) is 36.9 Å². The van der Waals surface area contributed by atoms with Crippen LogP contribution in [0.15, 0.2) is 29.7 Å². The number of hydrogen-bond acceptors (Lipinski definition) is 16. The highest BCUT2D eigenvalue weighted by Gasteiger charge is 2.53. The van der Waals surface area contributed by atoms with Gasteiger partial charge in [-0.3, -0.25) is 32.5 Å². The van der Waals surface area contributed by atoms with Gasteiger partial charge in [-0.15, -0.1) is 0 Å². The van der Waals surface area contributed by atoms with Crippen molar-refractivity contribution in [1.82, 2.24) is 34.1 Å². The number of aromatic amines is 1. The second kappa shape index (κ2) is 11.4. The molecule has 7 heterocycles. The Hall–Kier alpha value is -3.40. The van der Waals surface area contributed by atoms with Crippen LogP contribution in [0.2, 0.25) is 0 Å². The van der Waals surface area contributed by atoms with E-state index in [1.54, 1.807) is 0 Å². The number of ether oxygens (including phenoxy) is 3. The fraction of sp³-hybridized carbons (Fsp3) is 0.500. The summed E-state index contributed by atoms with van der Waals surface area (Å²) in [6.07, 6.45) is -10.3. The normalized spacial score (nSPS) is 37.4. The molecule has 3 aliphatic heterocycles. The van der Waals surface area contributed by atoms with Crippen LogP contribution in [0.1, 0.15) is 12.5 Å². The molecule has 46 heavy (non-hydrogen) atoms. The maximum atomic E-state index is 15.8. The van der Waals surface area contributed by atoms with Gasteiger partial charge in [-0.2, -0.15) is 4.98 Å². The first-order valence-corrected chi connectivity index (χ1v) is 16.7. The number of hydrogen-bond donors (Lipinski definition) is 6. The lowest BCUT2D eigenvalue weighted by Gasteiger charge is -2.25. The molecule has 0 radical (unpaired) electrons. The van der Waals surface area contributed by atoms with Crippen LogP contribution < -0.4 is 17.0 Å². The van der Waals surface area contributed by atoms with E-state index >= 15 is 4.39 Å². The predicted molar refractivity (Wildman–Crippen MR) is 149 cm³/mol. The molecule has 0 saturated carbocycles. The monoisotopic (exact) mass is 689 g/mol. The largest absolute Gasteiger partial charge is 0.472 e. The van der Waals surface area contributed by atoms with Gasteiger partial charge in [-0.25, -0.2) is 23.9 Å². The number of alkyl halides is 1. The SMILES string of the molecule is Nc1nc2c(ncn2[C@@H]2O[C@@H]3COP(=O)(O)CO[C@@H]4C(O)[C@H](n5cnc6c(N)ccnc65)O[C@@H]4COP(=O)(O)OC2[C@H]3F)c(=O)[nH]1. The van der Waals surface area contributed by atoms with Crippen LogP contribution in [0.4, 0.5) is 16.0 Å². The van der Waals surface area contributed by atoms with Crippen molar-refractivity contribution in [3.63, 3.8) is 0 Å². The van der Waals surface area contributed by atoms with Crippen molar-refractivity contribution in [2.24, 2.45) is 0 Å². The minimum Gasteiger partial charge on any atom is -0.397 e. The molecule has 10 atom stereocenters. The molecule has 0 spiro atoms. The van der Waals surface area contributed by atoms with Crippen molar-refractivity contribution in [2.75, 3.05) is 31.0 Å². The zero-order valence-electron chi connectivity index (χ0n) is 23.2. The fourth-order valence-corrected chi connectivity index (χ4v) is 7.22. The Kier molecular flexibility index (Phi) is 7.73. The Morgan fingerprint density at radius 2 is 1.65 bits per heavy atom. The van der Waals surface area contributed by atoms with Crippen LogP contribution >= 0.6 is 15.4 Å². The molecular formula is C22H26FN9O12P2. The van der Waals surface area contributed by atoms with Gasteiger partial charge in [-0.05, 0) is 6.07 Å². The average molecular weight is 689 g/mol. The van der Waals surface area contributed by atoms with Gasteiger partial charge < -0.3 is 45.1 Å². The van der Waals surface area contributed by atoms with Gasteiger partial charge in [0.15, 0.2) is 35.4 Å². The topological polar surface area (TPSA) is 297 Å². The molecule has 24 heteroatoms. The molecule has 3 fully saturated rings. The molecule has 4 unspecified atom stereocenters. The van der Waals surface area contributed by atoms with E-state index < -0.39 is 89.7 Å². The van der Waals surface area contributed by atoms with E-state index in [1.807, 2.05) is 0 Å². The fourth-order valence-electron chi connectivity index (χ4n) is 5.48. The number of halogens is 1. The molecule has 0 aliphatic carbocycles. The Labute approximate surface area is 255 Å². The predicted octanol–water partition coefficient (Wildman–Crippen LogP) is -0.717. The maximum Gasteiger partial charge on any atom is 0.472 e. The van der Waals surface area contributed by atoms with Crippen molar-refractivity contribution >= 4 is 49.4 Å². The first kappa shape index (κ1) is 31.2. The van der Waals surface area contributed by atoms with Crippen molar-refractivity contribution in [3.05, 3.63) is 35.3 Å². The second-order valence-electron chi connectivity index (χ2n) is 10.6. The van der Waals surface area contributed by atoms with Gasteiger partial charge >= 0.3 is 15.4 Å². The van der Waals surface area contributed by atoms with Crippen molar-refractivity contribution < 1.29 is 56.2 Å². The minimum absolute atomic E-state index is 0.174. The number of anilines is 2. The lowest BCUT2D eigenvalue weighted by atomic mass is 10.1. The van der Waals surface area contributed by atoms with Crippen LogP contribution in [-0.4, -0.2) is 105 Å². The van der Waals surface area contributed by atoms with Crippen LogP contribution in [0.5, 0.6) is 0 Å². The molecule has 4 aromatic rings. The maximum absolute atomic E-state index is 15.8. The number of nitrogen functional groups attached to an aromatic ring is 2. The van der Waals surface area contributed by atoms with Gasteiger partial charge in [0, 0.05) is 6.20 Å². The Balaban J connectivity index is 1.20. The number of fused-ring (bicyclic) bond motifs is 5. The summed E-state index contributed by atoms with van der Waals surface area (Å²) in [6, 6.07) is 1.52. The molecular weight excluding hydrogens is 663 g/mol. The zero-order chi connectivity index (χ0) is 32.5. The minimum atomic E-state index is -5.16. The summed E-state index contributed by atoms with van der Waals surface area (Å²) in [6.45, 7) is -1.64. The molecule has 0 amide bonds. The Bertz CT molecular complexity index is 1960. The quantitative estimate of drug-likeness (QED) is 0.142. The lowest BCUT2D eigenvalue weighted by molar-refractivity contribution is -0.0624. The lowest BCUT2D eigenvalue weighted by Crippen LogP contribution is -2.37. The summed E-state index contributed by atoms with van der Waals surface area (Å²) in [4.78, 5) is 52.0. The Morgan fingerprint density at radius 3 is 2.43 bits per heavy atom. The number of aromatic nitrogens is 7. The summed E-state index contributed by atoms with van der Waals surface area (Å²) in [5, 5.41) is 11.2. The van der Waals surface area contributed by atoms with E-state index in [-0.39, 0.29) is 22.8 Å². The number of rotatable bonds is 2. The summed E-state index contributed by atoms with van der Waals surface area (Å²) < 4.78 is 76.9. The van der Waals surface area contributed by atoms with E-state index in [0.717, 1.165) is 10.9 Å². The third-order valence-electron chi connectivity index (χ3n) is 7.59. The van der Waals surface area contributed by atoms with Gasteiger partial charge in [0.25, 0.3) is 5.56 Å². The van der Waals surface area contributed by atoms with Crippen molar-refractivity contribution in [2.45, 2.75) is 49.1 Å². The van der Waals surface area contributed by atoms with E-state index in [0.29, 0.717) is 11.2 Å². The molecule has 248 valence electrons. The molecule has 0 aromatic carbocycles. The van der Waals surface area contributed by atoms with E-state index in [1.165, 1.54) is 23.2 Å². The number of aliphatic hydroxyl groups is 1. The van der Waals surface area contributed by atoms with Crippen molar-refractivity contribution in [1.29, 1.82) is 0 Å². The summed E-state index contributed by atoms with van der Waals surface area (Å²) in [7, 11) is -9.81. The summed E-state index contributed by atoms with van der Waals surface area (Å²) >= 11 is 0. The molecule has 21 nitrogen and oxygen atoms in total. The molecule has 4 aromatic heterocycles. The molecule has 3 aliphatic rings. The standard InChI is InChI=1S/C22H26FN9O12P2/c23-11-9-3-40-45(35,36)7-39-15-10(43-20(14(15)33)31-5-27-12-8(24)1-2-26-17(12)31)4-41-46(37,38)44-16(11)21(42-9)32-6-28-13-18(32)29-22(25)30-19(13)34/h1-2,5-6,9-11,14-16,20-21,33H,3-4,7H2,(H2,24,26)(H,35,36)(H,37,38)(H3,25,29,30,34)/t9-,10-,11+,14?,15+,16?,20-,21-/m1/s1. The highest BCUT2D eigenvalue weighted by Crippen LogP contribution is 2.52. The third kappa shape index (κ3) is 5.50. The Morgan fingerprint density at radius 1 is 0.957 bits per heavy atom. The highest BCUT2D eigenvalue weighted by atomic mass is 31.2. The van der Waals surface area contributed by atoms with Crippen LogP contribution in [0.25, 0.3) is 22.3 Å². The smallest absolute Gasteiger partial charge is 0.397 e. The summed E-state index contributed by atoms with van der Waals surface area (Å²) in [5.74, 6) is -0.309. The number of pyridine rings is 1. The number of imidazole rings is 2. The number of H-pyrrole nitrogens is 1. The average Bonchev–Trinajstić information content (AvgIpc) is 3.75. The molecule has 2 bridgehead atoms. The van der Waals surface area contributed by atoms with Crippen molar-refractivity contribution in [3.8, 4) is 0 Å². The zero-order valence-corrected chi connectivity index (χ0v) is 25.0. The number of phosphoric acid groups is 1. The second-order valence-corrected chi connectivity index (χ2v) is 13.8. The first-order chi connectivity index (χ1) is 21.8. The molecule has 8 N–H and O–H groups in total. The third-order valence-corrected chi connectivity index (χ3v) is 9.61. The number of nitrogens with two attached hydrogens (primary N) is 2. The van der Waals surface area contributed by atoms with E-state index in [9.17, 15) is 28.8 Å². The van der Waals surface area contributed by atoms with Gasteiger partial charge in [0.1, 0.15) is 42.4 Å². The van der Waals surface area contributed by atoms with Gasteiger partial charge in [-0.1, -0.05) is 0 Å². The number of aliphatic hydroxyl groups excluding tert-OH is 1. The molecule has 7 rings (SSSR count).